The molecule has 53 heavy (non-hydrogen) atoms. The maximum atomic E-state index is 8.55. The summed E-state index contributed by atoms with van der Waals surface area (Å²) < 4.78 is 33.4. The van der Waals surface area contributed by atoms with Gasteiger partial charge in [-0.3, -0.25) is 0 Å². The minimum Gasteiger partial charge on any atom is -0.305 e. The maximum absolute atomic E-state index is 8.55. The number of nitrogens with zero attached hydrogens (tertiary/aromatic N) is 2. The van der Waals surface area contributed by atoms with Gasteiger partial charge < -0.3 is 4.98 Å². The van der Waals surface area contributed by atoms with Gasteiger partial charge in [-0.25, -0.2) is 0 Å². The van der Waals surface area contributed by atoms with Crippen LogP contribution in [0, 0.1) is 18.1 Å². The van der Waals surface area contributed by atoms with Crippen molar-refractivity contribution in [2.75, 3.05) is 0 Å². The molecule has 0 fully saturated rings. The Kier molecular flexibility index (Phi) is 11.5. The summed E-state index contributed by atoms with van der Waals surface area (Å²) >= 11 is -1.83. The summed E-state index contributed by atoms with van der Waals surface area (Å²) in [5.74, 6) is 6.47. The molecule has 3 heterocycles. The Bertz CT molecular complexity index is 2450. The molecule has 0 saturated heterocycles. The van der Waals surface area contributed by atoms with Crippen molar-refractivity contribution in [2.45, 2.75) is 76.9 Å². The number of pyridine rings is 2. The summed E-state index contributed by atoms with van der Waals surface area (Å²) in [5.41, 5.74) is 9.02. The number of fused-ring (bicyclic) bond motifs is 3. The van der Waals surface area contributed by atoms with Gasteiger partial charge in [0.1, 0.15) is 0 Å². The van der Waals surface area contributed by atoms with E-state index in [-0.39, 0.29) is 26.0 Å². The van der Waals surface area contributed by atoms with Gasteiger partial charge >= 0.3 is 155 Å². The van der Waals surface area contributed by atoms with Crippen LogP contribution in [0.15, 0.2) is 114 Å². The molecule has 7 rings (SSSR count). The Labute approximate surface area is 338 Å². The molecule has 0 atom stereocenters. The molecule has 4 aromatic carbocycles. The van der Waals surface area contributed by atoms with Gasteiger partial charge in [0.2, 0.25) is 0 Å². The zero-order valence-corrected chi connectivity index (χ0v) is 38.1. The van der Waals surface area contributed by atoms with E-state index < -0.39 is 33.6 Å². The van der Waals surface area contributed by atoms with Crippen LogP contribution >= 0.6 is 0 Å². The first kappa shape index (κ1) is 36.4. The smallest absolute Gasteiger partial charge is 0.305 e. The van der Waals surface area contributed by atoms with Crippen LogP contribution in [0.4, 0.5) is 0 Å². The molecule has 0 N–H and O–H groups in total. The van der Waals surface area contributed by atoms with Gasteiger partial charge in [-0.05, 0) is 35.1 Å². The number of aromatic nitrogens is 2. The van der Waals surface area contributed by atoms with Gasteiger partial charge in [-0.2, -0.15) is 0 Å². The number of hydrogen-bond acceptors (Lipinski definition) is 3. The Hall–Kier alpha value is -3.61. The molecule has 6 heteroatoms. The first-order valence-electron chi connectivity index (χ1n) is 19.7. The van der Waals surface area contributed by atoms with Crippen LogP contribution in [-0.2, 0) is 26.5 Å². The predicted molar refractivity (Wildman–Crippen MR) is 228 cm³/mol. The van der Waals surface area contributed by atoms with Gasteiger partial charge in [-0.15, -0.1) is 35.9 Å². The molecule has 7 aromatic rings. The van der Waals surface area contributed by atoms with Crippen LogP contribution in [-0.4, -0.2) is 31.3 Å². The molecular formula is C47H52GeIrN2OSi-2. The Morgan fingerprint density at radius 1 is 0.792 bits per heavy atom. The van der Waals surface area contributed by atoms with E-state index in [1.807, 2.05) is 88.5 Å². The quantitative estimate of drug-likeness (QED) is 0.113. The predicted octanol–water partition coefficient (Wildman–Crippen LogP) is 12.1. The number of furan rings is 1. The van der Waals surface area contributed by atoms with E-state index in [4.69, 9.17) is 8.53 Å². The third-order valence-electron chi connectivity index (χ3n) is 9.25. The van der Waals surface area contributed by atoms with Crippen molar-refractivity contribution >= 4 is 52.9 Å². The molecule has 1 radical (unpaired) electrons. The van der Waals surface area contributed by atoms with E-state index in [1.54, 1.807) is 6.20 Å². The summed E-state index contributed by atoms with van der Waals surface area (Å²) in [6.07, 6.45) is 2.29. The summed E-state index contributed by atoms with van der Waals surface area (Å²) in [7, 11) is -1.67. The summed E-state index contributed by atoms with van der Waals surface area (Å²) in [5, 5.41) is 3.24. The van der Waals surface area contributed by atoms with E-state index >= 15 is 0 Å². The van der Waals surface area contributed by atoms with Crippen LogP contribution in [0.1, 0.15) is 48.8 Å². The van der Waals surface area contributed by atoms with Crippen LogP contribution in [0.5, 0.6) is 0 Å². The SMILES string of the molecule is [2H]C(C)(C)c1ccnc(-c2[c-]ccc3c2oc2cc(-c4cc[c]([Ge]([CH3])([CH3])[CH3])cc4)ccc23)c1.[2H]C([2H])(c1cc(-c2[c-]cccc2)ncc1[Si](C)(C)C)C(C)C.[Ir]. The monoisotopic (exact) mass is 958 g/mol. The molecule has 0 spiro atoms. The molecule has 0 aliphatic rings. The summed E-state index contributed by atoms with van der Waals surface area (Å²) in [4.78, 5) is 9.15. The van der Waals surface area contributed by atoms with Crippen LogP contribution in [0.25, 0.3) is 55.6 Å². The summed E-state index contributed by atoms with van der Waals surface area (Å²) in [6.45, 7) is 14.3. The van der Waals surface area contributed by atoms with Gasteiger partial charge in [0, 0.05) is 36.6 Å². The van der Waals surface area contributed by atoms with Crippen molar-refractivity contribution in [1.29, 1.82) is 0 Å². The zero-order chi connectivity index (χ0) is 39.9. The molecular weight excluding hydrogens is 901 g/mol. The number of rotatable bonds is 8. The molecule has 0 unspecified atom stereocenters. The van der Waals surface area contributed by atoms with Crippen molar-refractivity contribution in [1.82, 2.24) is 9.97 Å². The summed E-state index contributed by atoms with van der Waals surface area (Å²) in [6, 6.07) is 39.5. The fourth-order valence-electron chi connectivity index (χ4n) is 6.34. The minimum absolute atomic E-state index is 0. The van der Waals surface area contributed by atoms with Gasteiger partial charge in [-0.1, -0.05) is 64.5 Å². The molecule has 0 saturated carbocycles. The standard InChI is InChI=1S/C29H28GeNO.C18H24NSi.Ir/c1-19(2)21-15-16-31-27(17-21)26-8-6-7-25-24-14-11-22(18-28(24)32-29(25)26)20-9-12-23(13-10-20)30(3,4)5;1-14(2)11-16-12-17(15-9-7-6-8-10-15)19-13-18(16)20(3,4)5;/h6-7,9-19H,1-5H3;6-9,12-14H,11H2,1-5H3;/q2*-1;/i19D;11D2;. The number of hydrogen-bond donors (Lipinski definition) is 0. The Morgan fingerprint density at radius 2 is 1.53 bits per heavy atom. The Balaban J connectivity index is 0.000000229. The second-order valence-electron chi connectivity index (χ2n) is 16.1. The normalized spacial score (nSPS) is 13.2. The first-order valence-corrected chi connectivity index (χ1v) is 29.0. The van der Waals surface area contributed by atoms with E-state index in [1.165, 1.54) is 9.96 Å². The topological polar surface area (TPSA) is 38.9 Å². The van der Waals surface area contributed by atoms with Crippen molar-refractivity contribution in [3.05, 3.63) is 133 Å². The second kappa shape index (κ2) is 16.8. The van der Waals surface area contributed by atoms with Crippen molar-refractivity contribution in [2.24, 2.45) is 5.92 Å². The first-order chi connectivity index (χ1) is 25.7. The number of benzene rings is 4. The van der Waals surface area contributed by atoms with Crippen molar-refractivity contribution in [3.63, 3.8) is 0 Å². The average molecular weight is 957 g/mol. The van der Waals surface area contributed by atoms with E-state index in [9.17, 15) is 0 Å². The molecule has 0 amide bonds. The van der Waals surface area contributed by atoms with Crippen LogP contribution < -0.4 is 9.58 Å². The van der Waals surface area contributed by atoms with Gasteiger partial charge in [0.05, 0.1) is 8.07 Å². The van der Waals surface area contributed by atoms with E-state index in [0.717, 1.165) is 66.3 Å². The van der Waals surface area contributed by atoms with Crippen molar-refractivity contribution < 1.29 is 28.6 Å². The molecule has 0 bridgehead atoms. The van der Waals surface area contributed by atoms with Crippen LogP contribution in [0.3, 0.4) is 0 Å². The minimum atomic E-state index is -1.83. The average Bonchev–Trinajstić information content (AvgIpc) is 3.52. The Morgan fingerprint density at radius 3 is 2.17 bits per heavy atom. The molecule has 0 aliphatic heterocycles. The fourth-order valence-corrected chi connectivity index (χ4v) is 10.2. The molecule has 275 valence electrons. The molecule has 3 aromatic heterocycles. The third kappa shape index (κ3) is 9.56. The molecule has 3 nitrogen and oxygen atoms in total. The van der Waals surface area contributed by atoms with Gasteiger partial charge in [0.15, 0.2) is 0 Å². The molecule has 0 aliphatic carbocycles. The van der Waals surface area contributed by atoms with Crippen LogP contribution in [0.2, 0.25) is 36.9 Å². The van der Waals surface area contributed by atoms with Gasteiger partial charge in [0.25, 0.3) is 0 Å². The second-order valence-corrected chi connectivity index (χ2v) is 31.8. The van der Waals surface area contributed by atoms with E-state index in [0.29, 0.717) is 0 Å². The fraction of sp³-hybridized carbons (Fsp3) is 0.277. The zero-order valence-electron chi connectivity index (χ0n) is 35.6. The third-order valence-corrected chi connectivity index (χ3v) is 15.6. The van der Waals surface area contributed by atoms with Crippen molar-refractivity contribution in [3.8, 4) is 33.6 Å². The van der Waals surface area contributed by atoms with E-state index in [2.05, 4.69) is 101 Å².